The van der Waals surface area contributed by atoms with Crippen molar-refractivity contribution in [2.45, 2.75) is 25.9 Å². The summed E-state index contributed by atoms with van der Waals surface area (Å²) in [7, 11) is 1.94. The lowest BCUT2D eigenvalue weighted by Crippen LogP contribution is -2.30. The van der Waals surface area contributed by atoms with E-state index in [-0.39, 0.29) is 5.43 Å². The molecule has 0 aliphatic heterocycles. The van der Waals surface area contributed by atoms with Gasteiger partial charge in [0.25, 0.3) is 0 Å². The summed E-state index contributed by atoms with van der Waals surface area (Å²) in [6.45, 7) is 2.90. The van der Waals surface area contributed by atoms with E-state index in [4.69, 9.17) is 0 Å². The Morgan fingerprint density at radius 3 is 2.88 bits per heavy atom. The van der Waals surface area contributed by atoms with Crippen LogP contribution >= 0.6 is 0 Å². The van der Waals surface area contributed by atoms with Crippen molar-refractivity contribution in [1.29, 1.82) is 0 Å². The number of likely N-dealkylation sites (N-methyl/N-ethyl adjacent to an activating group) is 1. The Labute approximate surface area is 100 Å². The van der Waals surface area contributed by atoms with Crippen LogP contribution in [0.15, 0.2) is 35.3 Å². The maximum atomic E-state index is 11.7. The van der Waals surface area contributed by atoms with E-state index in [1.807, 2.05) is 36.0 Å². The predicted octanol–water partition coefficient (Wildman–Crippen LogP) is 1.39. The van der Waals surface area contributed by atoms with E-state index < -0.39 is 0 Å². The first-order valence-corrected chi connectivity index (χ1v) is 5.88. The summed E-state index contributed by atoms with van der Waals surface area (Å²) in [5.74, 6) is 0. The van der Waals surface area contributed by atoms with Gasteiger partial charge in [0, 0.05) is 11.4 Å². The van der Waals surface area contributed by atoms with Crippen molar-refractivity contribution in [3.05, 3.63) is 40.7 Å². The minimum Gasteiger partial charge on any atom is -0.315 e. The van der Waals surface area contributed by atoms with E-state index in [2.05, 4.69) is 17.3 Å². The molecular weight excluding hydrogens is 214 g/mol. The lowest BCUT2D eigenvalue weighted by atomic mass is 10.2. The second kappa shape index (κ2) is 5.10. The number of fused-ring (bicyclic) bond motifs is 1. The van der Waals surface area contributed by atoms with E-state index >= 15 is 0 Å². The number of benzene rings is 1. The molecule has 0 saturated heterocycles. The smallest absolute Gasteiger partial charge is 0.207 e. The van der Waals surface area contributed by atoms with E-state index in [1.165, 1.54) is 6.20 Å². The fourth-order valence-electron chi connectivity index (χ4n) is 1.94. The number of aromatic nitrogens is 2. The second-order valence-electron chi connectivity index (χ2n) is 4.10. The number of para-hydroxylation sites is 1. The van der Waals surface area contributed by atoms with Crippen molar-refractivity contribution in [2.75, 3.05) is 7.05 Å². The zero-order chi connectivity index (χ0) is 12.3. The van der Waals surface area contributed by atoms with Gasteiger partial charge in [-0.05, 0) is 25.6 Å². The molecule has 4 nitrogen and oxygen atoms in total. The predicted molar refractivity (Wildman–Crippen MR) is 69.1 cm³/mol. The molecule has 0 aliphatic rings. The van der Waals surface area contributed by atoms with Crippen molar-refractivity contribution in [1.82, 2.24) is 15.1 Å². The maximum Gasteiger partial charge on any atom is 0.207 e. The molecule has 90 valence electrons. The third-order valence-corrected chi connectivity index (χ3v) is 3.06. The van der Waals surface area contributed by atoms with Gasteiger partial charge >= 0.3 is 0 Å². The van der Waals surface area contributed by atoms with Gasteiger partial charge in [-0.2, -0.15) is 5.10 Å². The number of hydrogen-bond acceptors (Lipinski definition) is 3. The van der Waals surface area contributed by atoms with Gasteiger partial charge in [0.15, 0.2) is 0 Å². The van der Waals surface area contributed by atoms with Gasteiger partial charge in [-0.25, -0.2) is 0 Å². The Morgan fingerprint density at radius 1 is 1.41 bits per heavy atom. The first-order valence-electron chi connectivity index (χ1n) is 5.88. The van der Waals surface area contributed by atoms with Crippen LogP contribution in [0.1, 0.15) is 13.3 Å². The summed E-state index contributed by atoms with van der Waals surface area (Å²) in [4.78, 5) is 11.7. The molecule has 0 spiro atoms. The summed E-state index contributed by atoms with van der Waals surface area (Å²) >= 11 is 0. The molecular formula is C13H17N3O. The third kappa shape index (κ3) is 2.36. The highest BCUT2D eigenvalue weighted by Gasteiger charge is 2.07. The molecule has 1 unspecified atom stereocenters. The average molecular weight is 231 g/mol. The summed E-state index contributed by atoms with van der Waals surface area (Å²) in [6, 6.07) is 7.96. The lowest BCUT2D eigenvalue weighted by molar-refractivity contribution is 0.447. The van der Waals surface area contributed by atoms with Crippen LogP contribution in [0.2, 0.25) is 0 Å². The summed E-state index contributed by atoms with van der Waals surface area (Å²) < 4.78 is 1.89. The van der Waals surface area contributed by atoms with Gasteiger partial charge in [-0.1, -0.05) is 19.1 Å². The maximum absolute atomic E-state index is 11.7. The van der Waals surface area contributed by atoms with Crippen molar-refractivity contribution in [3.8, 4) is 0 Å². The van der Waals surface area contributed by atoms with Crippen LogP contribution in [0.5, 0.6) is 0 Å². The van der Waals surface area contributed by atoms with Crippen LogP contribution < -0.4 is 10.7 Å². The van der Waals surface area contributed by atoms with Crippen LogP contribution in [-0.4, -0.2) is 22.9 Å². The topological polar surface area (TPSA) is 46.9 Å². The van der Waals surface area contributed by atoms with Gasteiger partial charge in [-0.15, -0.1) is 0 Å². The number of hydrogen-bond donors (Lipinski definition) is 1. The minimum absolute atomic E-state index is 0.0191. The van der Waals surface area contributed by atoms with Gasteiger partial charge in [0.05, 0.1) is 18.3 Å². The first kappa shape index (κ1) is 11.8. The molecule has 0 radical (unpaired) electrons. The van der Waals surface area contributed by atoms with Gasteiger partial charge in [0.2, 0.25) is 5.43 Å². The second-order valence-corrected chi connectivity index (χ2v) is 4.10. The summed E-state index contributed by atoms with van der Waals surface area (Å²) in [5, 5.41) is 8.18. The summed E-state index contributed by atoms with van der Waals surface area (Å²) in [6.07, 6.45) is 2.42. The third-order valence-electron chi connectivity index (χ3n) is 3.06. The fourth-order valence-corrected chi connectivity index (χ4v) is 1.94. The van der Waals surface area contributed by atoms with Crippen molar-refractivity contribution in [3.63, 3.8) is 0 Å². The van der Waals surface area contributed by atoms with Crippen LogP contribution in [-0.2, 0) is 6.54 Å². The normalized spacial score (nSPS) is 12.8. The van der Waals surface area contributed by atoms with Gasteiger partial charge in [0.1, 0.15) is 0 Å². The summed E-state index contributed by atoms with van der Waals surface area (Å²) in [5.41, 5.74) is 0.878. The molecule has 1 aromatic heterocycles. The minimum atomic E-state index is -0.0191. The molecule has 4 heteroatoms. The molecule has 2 aromatic rings. The molecule has 0 amide bonds. The van der Waals surface area contributed by atoms with Gasteiger partial charge in [-0.3, -0.25) is 9.48 Å². The quantitative estimate of drug-likeness (QED) is 0.865. The first-order chi connectivity index (χ1) is 8.26. The lowest BCUT2D eigenvalue weighted by Gasteiger charge is -2.16. The van der Waals surface area contributed by atoms with Crippen LogP contribution in [0.3, 0.4) is 0 Å². The Hall–Kier alpha value is -1.68. The van der Waals surface area contributed by atoms with E-state index in [0.29, 0.717) is 6.04 Å². The number of nitrogens with zero attached hydrogens (tertiary/aromatic N) is 2. The Morgan fingerprint density at radius 2 is 2.18 bits per heavy atom. The number of nitrogens with one attached hydrogen (secondary N) is 1. The molecule has 0 fully saturated rings. The Kier molecular flexibility index (Phi) is 3.54. The van der Waals surface area contributed by atoms with Crippen molar-refractivity contribution < 1.29 is 0 Å². The van der Waals surface area contributed by atoms with E-state index in [1.54, 1.807) is 0 Å². The van der Waals surface area contributed by atoms with Crippen LogP contribution in [0, 0.1) is 0 Å². The highest BCUT2D eigenvalue weighted by atomic mass is 16.1. The van der Waals surface area contributed by atoms with Gasteiger partial charge < -0.3 is 5.32 Å². The molecule has 2 rings (SSSR count). The monoisotopic (exact) mass is 231 g/mol. The molecule has 0 aliphatic carbocycles. The Bertz CT molecular complexity index is 558. The molecule has 0 saturated carbocycles. The fraction of sp³-hybridized carbons (Fsp3) is 0.385. The standard InChI is InChI=1S/C13H17N3O/c1-3-10(14-2)9-16-12-7-5-4-6-11(12)13(17)8-15-16/h4-8,10,14H,3,9H2,1-2H3. The van der Waals surface area contributed by atoms with Crippen LogP contribution in [0.25, 0.3) is 10.9 Å². The van der Waals surface area contributed by atoms with Crippen LogP contribution in [0.4, 0.5) is 0 Å². The van der Waals surface area contributed by atoms with E-state index in [9.17, 15) is 4.79 Å². The zero-order valence-electron chi connectivity index (χ0n) is 10.2. The average Bonchev–Trinajstić information content (AvgIpc) is 2.38. The molecule has 1 N–H and O–H groups in total. The highest BCUT2D eigenvalue weighted by molar-refractivity contribution is 5.77. The van der Waals surface area contributed by atoms with Crippen molar-refractivity contribution >= 4 is 10.9 Å². The molecule has 1 aromatic carbocycles. The Balaban J connectivity index is 2.48. The van der Waals surface area contributed by atoms with Crippen molar-refractivity contribution in [2.24, 2.45) is 0 Å². The SMILES string of the molecule is CCC(Cn1ncc(=O)c2ccccc21)NC. The zero-order valence-corrected chi connectivity index (χ0v) is 10.2. The van der Waals surface area contributed by atoms with E-state index in [0.717, 1.165) is 23.9 Å². The molecule has 1 heterocycles. The molecule has 0 bridgehead atoms. The molecule has 1 atom stereocenters. The highest BCUT2D eigenvalue weighted by Crippen LogP contribution is 2.08. The molecule has 17 heavy (non-hydrogen) atoms. The largest absolute Gasteiger partial charge is 0.315 e. The number of rotatable bonds is 4.